The molecular weight excluding hydrogens is 216 g/mol. The summed E-state index contributed by atoms with van der Waals surface area (Å²) in [7, 11) is -2.68. The van der Waals surface area contributed by atoms with Gasteiger partial charge in [0.15, 0.2) is 0 Å². The van der Waals surface area contributed by atoms with Gasteiger partial charge in [-0.3, -0.25) is 9.52 Å². The van der Waals surface area contributed by atoms with E-state index in [1.54, 1.807) is 12.1 Å². The van der Waals surface area contributed by atoms with Crippen molar-refractivity contribution in [1.82, 2.24) is 0 Å². The summed E-state index contributed by atoms with van der Waals surface area (Å²) in [5.74, 6) is -0.606. The Hall–Kier alpha value is -1.82. The number of thiol groups is 1. The molecule has 0 aliphatic rings. The molecule has 0 atom stereocenters. The van der Waals surface area contributed by atoms with Gasteiger partial charge >= 0.3 is 0 Å². The monoisotopic (exact) mass is 226 g/mol. The number of benzene rings is 1. The highest BCUT2D eigenvalue weighted by Crippen LogP contribution is 2.15. The molecular formula is C9H10N2O3S. The Morgan fingerprint density at radius 3 is 2.20 bits per heavy atom. The predicted molar refractivity (Wildman–Crippen MR) is 58.6 cm³/mol. The quantitative estimate of drug-likeness (QED) is 0.503. The van der Waals surface area contributed by atoms with E-state index in [0.29, 0.717) is 11.3 Å². The van der Waals surface area contributed by atoms with E-state index in [1.165, 1.54) is 12.1 Å². The molecule has 0 unspecified atom stereocenters. The van der Waals surface area contributed by atoms with Gasteiger partial charge in [-0.2, -0.15) is 0 Å². The average Bonchev–Trinajstić information content (AvgIpc) is 2.17. The number of carbonyl (C=O) groups is 1. The second-order valence-electron chi connectivity index (χ2n) is 2.79. The number of anilines is 1. The highest BCUT2D eigenvalue weighted by Gasteiger charge is 2.04. The van der Waals surface area contributed by atoms with E-state index in [4.69, 9.17) is 5.73 Å². The second-order valence-corrected chi connectivity index (χ2v) is 3.53. The van der Waals surface area contributed by atoms with E-state index < -0.39 is 16.8 Å². The number of hydrogen-bond donors (Lipinski definition) is 3. The Balaban J connectivity index is 2.90. The van der Waals surface area contributed by atoms with E-state index in [1.807, 2.05) is 0 Å². The maximum absolute atomic E-state index is 10.8. The molecule has 0 saturated carbocycles. The van der Waals surface area contributed by atoms with Crippen LogP contribution in [0.25, 0.3) is 5.57 Å². The number of carbonyl (C=O) groups excluding carboxylic acids is 1. The first-order chi connectivity index (χ1) is 7.00. The Bertz CT molecular complexity index is 455. The first-order valence-electron chi connectivity index (χ1n) is 4.01. The zero-order chi connectivity index (χ0) is 11.4. The third-order valence-corrected chi connectivity index (χ3v) is 2.19. The van der Waals surface area contributed by atoms with Crippen LogP contribution in [0.4, 0.5) is 5.69 Å². The number of nitrogens with two attached hydrogens (primary N) is 1. The zero-order valence-electron chi connectivity index (χ0n) is 7.77. The molecule has 0 radical (unpaired) electrons. The molecule has 0 aliphatic heterocycles. The molecule has 80 valence electrons. The van der Waals surface area contributed by atoms with Crippen LogP contribution in [0.1, 0.15) is 5.56 Å². The summed E-state index contributed by atoms with van der Waals surface area (Å²) in [5, 5.41) is 0. The molecule has 0 aliphatic carbocycles. The Morgan fingerprint density at radius 1 is 1.27 bits per heavy atom. The van der Waals surface area contributed by atoms with E-state index in [0.717, 1.165) is 0 Å². The fourth-order valence-corrected chi connectivity index (χ4v) is 1.35. The summed E-state index contributed by atoms with van der Waals surface area (Å²) in [6.07, 6.45) is 0. The molecule has 0 fully saturated rings. The number of primary amides is 1. The van der Waals surface area contributed by atoms with Crippen LogP contribution >= 0.6 is 0 Å². The van der Waals surface area contributed by atoms with Crippen LogP contribution < -0.4 is 10.5 Å². The summed E-state index contributed by atoms with van der Waals surface area (Å²) in [5.41, 5.74) is 6.21. The van der Waals surface area contributed by atoms with Gasteiger partial charge in [-0.1, -0.05) is 18.7 Å². The lowest BCUT2D eigenvalue weighted by Gasteiger charge is -2.03. The lowest BCUT2D eigenvalue weighted by Crippen LogP contribution is -2.11. The first kappa shape index (κ1) is 11.3. The Labute approximate surface area is 88.7 Å². The minimum Gasteiger partial charge on any atom is -0.366 e. The number of amides is 1. The van der Waals surface area contributed by atoms with Gasteiger partial charge in [-0.05, 0) is 17.7 Å². The van der Waals surface area contributed by atoms with Crippen LogP contribution in [-0.4, -0.2) is 14.3 Å². The van der Waals surface area contributed by atoms with Crippen molar-refractivity contribution in [3.05, 3.63) is 36.4 Å². The fraction of sp³-hybridized carbons (Fsp3) is 0. The van der Waals surface area contributed by atoms with Crippen LogP contribution in [0.2, 0.25) is 0 Å². The van der Waals surface area contributed by atoms with E-state index in [-0.39, 0.29) is 5.57 Å². The smallest absolute Gasteiger partial charge is 0.248 e. The lowest BCUT2D eigenvalue weighted by atomic mass is 10.1. The van der Waals surface area contributed by atoms with Crippen LogP contribution in [0.5, 0.6) is 0 Å². The highest BCUT2D eigenvalue weighted by atomic mass is 32.2. The number of hydrogen-bond acceptors (Lipinski definition) is 3. The lowest BCUT2D eigenvalue weighted by molar-refractivity contribution is -0.112. The third kappa shape index (κ3) is 3.10. The molecule has 0 aromatic heterocycles. The van der Waals surface area contributed by atoms with Crippen molar-refractivity contribution in [1.29, 1.82) is 0 Å². The molecule has 1 amide bonds. The Kier molecular flexibility index (Phi) is 3.46. The molecule has 0 heterocycles. The van der Waals surface area contributed by atoms with Crippen LogP contribution in [0.15, 0.2) is 30.8 Å². The minimum atomic E-state index is -2.68. The van der Waals surface area contributed by atoms with Crippen molar-refractivity contribution >= 4 is 28.1 Å². The summed E-state index contributed by atoms with van der Waals surface area (Å²) in [6, 6.07) is 6.17. The van der Waals surface area contributed by atoms with Crippen molar-refractivity contribution in [2.45, 2.75) is 0 Å². The molecule has 0 saturated heterocycles. The SMILES string of the molecule is C=C(C(N)=O)c1ccc(N[SH](=O)=O)cc1. The third-order valence-electron chi connectivity index (χ3n) is 1.75. The van der Waals surface area contributed by atoms with Gasteiger partial charge in [0.25, 0.3) is 0 Å². The summed E-state index contributed by atoms with van der Waals surface area (Å²) in [4.78, 5) is 10.8. The second kappa shape index (κ2) is 4.61. The molecule has 3 N–H and O–H groups in total. The number of rotatable bonds is 4. The van der Waals surface area contributed by atoms with Crippen molar-refractivity contribution in [3.63, 3.8) is 0 Å². The predicted octanol–water partition coefficient (Wildman–Crippen LogP) is 0.123. The van der Waals surface area contributed by atoms with Gasteiger partial charge < -0.3 is 5.73 Å². The van der Waals surface area contributed by atoms with Gasteiger partial charge in [-0.25, -0.2) is 8.42 Å². The van der Waals surface area contributed by atoms with Gasteiger partial charge in [-0.15, -0.1) is 0 Å². The Morgan fingerprint density at radius 2 is 1.80 bits per heavy atom. The van der Waals surface area contributed by atoms with Crippen molar-refractivity contribution in [2.24, 2.45) is 5.73 Å². The molecule has 1 rings (SSSR count). The molecule has 15 heavy (non-hydrogen) atoms. The summed E-state index contributed by atoms with van der Waals surface area (Å²) < 4.78 is 22.9. The highest BCUT2D eigenvalue weighted by molar-refractivity contribution is 7.73. The molecule has 0 bridgehead atoms. The standard InChI is InChI=1S/C9H10N2O3S/c1-6(9(10)12)7-2-4-8(5-3-7)11-15(13)14/h2-5,15H,1H2,(H2,10,12)(H,11,13,14). The first-order valence-corrected chi connectivity index (χ1v) is 5.18. The van der Waals surface area contributed by atoms with Crippen LogP contribution in [-0.2, 0) is 15.7 Å². The normalized spacial score (nSPS) is 9.93. The molecule has 1 aromatic rings. The zero-order valence-corrected chi connectivity index (χ0v) is 8.66. The van der Waals surface area contributed by atoms with E-state index in [2.05, 4.69) is 11.3 Å². The van der Waals surface area contributed by atoms with E-state index in [9.17, 15) is 13.2 Å². The number of nitrogens with one attached hydrogen (secondary N) is 1. The van der Waals surface area contributed by atoms with Crippen LogP contribution in [0.3, 0.4) is 0 Å². The fourth-order valence-electron chi connectivity index (χ4n) is 0.994. The average molecular weight is 226 g/mol. The molecule has 1 aromatic carbocycles. The van der Waals surface area contributed by atoms with Crippen molar-refractivity contribution in [2.75, 3.05) is 4.72 Å². The molecule has 0 spiro atoms. The topological polar surface area (TPSA) is 89.3 Å². The van der Waals surface area contributed by atoms with Gasteiger partial charge in [0.2, 0.25) is 16.8 Å². The van der Waals surface area contributed by atoms with Crippen molar-refractivity contribution in [3.8, 4) is 0 Å². The van der Waals surface area contributed by atoms with E-state index >= 15 is 0 Å². The van der Waals surface area contributed by atoms with Gasteiger partial charge in [0.05, 0.1) is 0 Å². The largest absolute Gasteiger partial charge is 0.366 e. The minimum absolute atomic E-state index is 0.188. The van der Waals surface area contributed by atoms with Crippen molar-refractivity contribution < 1.29 is 13.2 Å². The van der Waals surface area contributed by atoms with Gasteiger partial charge in [0, 0.05) is 11.3 Å². The maximum Gasteiger partial charge on any atom is 0.248 e. The molecule has 6 heteroatoms. The summed E-state index contributed by atoms with van der Waals surface area (Å²) >= 11 is 0. The summed E-state index contributed by atoms with van der Waals surface area (Å²) in [6.45, 7) is 3.50. The van der Waals surface area contributed by atoms with Crippen LogP contribution in [0, 0.1) is 0 Å². The maximum atomic E-state index is 10.8. The van der Waals surface area contributed by atoms with Gasteiger partial charge in [0.1, 0.15) is 0 Å². The molecule has 5 nitrogen and oxygen atoms in total.